The van der Waals surface area contributed by atoms with Crippen molar-refractivity contribution in [2.45, 2.75) is 19.1 Å². The lowest BCUT2D eigenvalue weighted by Crippen LogP contribution is -2.58. The number of hydrogen-bond donors (Lipinski definition) is 0. The lowest BCUT2D eigenvalue weighted by molar-refractivity contribution is -0.137. The molecule has 3 heterocycles. The molecule has 168 valence electrons. The second-order valence-electron chi connectivity index (χ2n) is 7.45. The first-order chi connectivity index (χ1) is 14.8. The number of rotatable bonds is 7. The van der Waals surface area contributed by atoms with Crippen LogP contribution in [0.5, 0.6) is 0 Å². The van der Waals surface area contributed by atoms with Crippen molar-refractivity contribution >= 4 is 17.8 Å². The Morgan fingerprint density at radius 2 is 1.52 bits per heavy atom. The minimum Gasteiger partial charge on any atom is -0.467 e. The number of carbonyl (C=O) groups is 3. The van der Waals surface area contributed by atoms with Crippen LogP contribution in [0.25, 0.3) is 0 Å². The number of amides is 1. The quantitative estimate of drug-likeness (QED) is 0.596. The number of ether oxygens (including phenoxy) is 2. The van der Waals surface area contributed by atoms with E-state index in [1.165, 1.54) is 31.6 Å². The largest absolute Gasteiger partial charge is 0.467 e. The maximum Gasteiger partial charge on any atom is 0.341 e. The molecule has 0 unspecified atom stereocenters. The Kier molecular flexibility index (Phi) is 7.13. The average molecular weight is 433 g/mol. The van der Waals surface area contributed by atoms with Crippen LogP contribution in [-0.4, -0.2) is 86.5 Å². The average Bonchev–Trinajstić information content (AvgIpc) is 3.42. The van der Waals surface area contributed by atoms with E-state index in [0.29, 0.717) is 55.4 Å². The zero-order chi connectivity index (χ0) is 22.5. The van der Waals surface area contributed by atoms with Crippen molar-refractivity contribution in [3.8, 4) is 0 Å². The fraction of sp³-hybridized carbons (Fsp3) is 0.476. The zero-order valence-corrected chi connectivity index (χ0v) is 18.1. The molecular formula is C21H27N3O7. The summed E-state index contributed by atoms with van der Waals surface area (Å²) in [5, 5.41) is 0. The van der Waals surface area contributed by atoms with Crippen molar-refractivity contribution in [3.63, 3.8) is 0 Å². The molecule has 0 radical (unpaired) electrons. The highest BCUT2D eigenvalue weighted by molar-refractivity contribution is 5.90. The number of nitrogens with zero attached hydrogens (tertiary/aromatic N) is 3. The van der Waals surface area contributed by atoms with Gasteiger partial charge in [0.2, 0.25) is 5.91 Å². The molecule has 31 heavy (non-hydrogen) atoms. The molecule has 1 aliphatic heterocycles. The molecule has 10 nitrogen and oxygen atoms in total. The molecule has 0 bridgehead atoms. The molecule has 1 aliphatic rings. The van der Waals surface area contributed by atoms with E-state index < -0.39 is 18.0 Å². The fourth-order valence-electron chi connectivity index (χ4n) is 3.64. The molecule has 1 saturated heterocycles. The Bertz CT molecular complexity index is 933. The molecule has 0 aromatic carbocycles. The Morgan fingerprint density at radius 3 is 2.03 bits per heavy atom. The first kappa shape index (κ1) is 22.6. The Morgan fingerprint density at radius 1 is 0.968 bits per heavy atom. The highest BCUT2D eigenvalue weighted by Gasteiger charge is 2.35. The summed E-state index contributed by atoms with van der Waals surface area (Å²) in [6.07, 6.45) is 2.89. The molecule has 2 aromatic rings. The standard InChI is InChI=1S/C21H27N3O7/c1-22(2)19(25)16-11-23(12-17-14(5-9-30-17)20(26)28-3)7-8-24(16)13-18-15(6-10-31-18)21(27)29-4/h5-6,9-10,16H,7-8,11-13H2,1-4H3/t16-/m1/s1. The molecule has 0 N–H and O–H groups in total. The van der Waals surface area contributed by atoms with Crippen LogP contribution in [0, 0.1) is 0 Å². The summed E-state index contributed by atoms with van der Waals surface area (Å²) in [7, 11) is 6.04. The van der Waals surface area contributed by atoms with Crippen LogP contribution >= 0.6 is 0 Å². The van der Waals surface area contributed by atoms with Crippen LogP contribution in [0.1, 0.15) is 32.2 Å². The highest BCUT2D eigenvalue weighted by Crippen LogP contribution is 2.22. The van der Waals surface area contributed by atoms with Gasteiger partial charge in [0.15, 0.2) is 0 Å². The van der Waals surface area contributed by atoms with E-state index >= 15 is 0 Å². The first-order valence-corrected chi connectivity index (χ1v) is 9.82. The SMILES string of the molecule is COC(=O)c1ccoc1CN1CCN(Cc2occc2C(=O)OC)[C@@H](C(=O)N(C)C)C1. The second kappa shape index (κ2) is 9.80. The van der Waals surface area contributed by atoms with Gasteiger partial charge in [-0.3, -0.25) is 14.6 Å². The number of likely N-dealkylation sites (N-methyl/N-ethyl adjacent to an activating group) is 1. The minimum atomic E-state index is -0.481. The van der Waals surface area contributed by atoms with Gasteiger partial charge < -0.3 is 23.2 Å². The molecule has 0 spiro atoms. The van der Waals surface area contributed by atoms with Crippen LogP contribution < -0.4 is 0 Å². The van der Waals surface area contributed by atoms with Crippen LogP contribution in [-0.2, 0) is 27.4 Å². The summed E-state index contributed by atoms with van der Waals surface area (Å²) in [6, 6.07) is 2.67. The summed E-state index contributed by atoms with van der Waals surface area (Å²) in [5.74, 6) is -0.0581. The van der Waals surface area contributed by atoms with Crippen molar-refractivity contribution in [3.05, 3.63) is 47.3 Å². The zero-order valence-electron chi connectivity index (χ0n) is 18.1. The van der Waals surface area contributed by atoms with Gasteiger partial charge in [0, 0.05) is 33.7 Å². The van der Waals surface area contributed by atoms with Gasteiger partial charge >= 0.3 is 11.9 Å². The van der Waals surface area contributed by atoms with Crippen molar-refractivity contribution in [1.29, 1.82) is 0 Å². The third kappa shape index (κ3) is 4.97. The number of methoxy groups -OCH3 is 2. The van der Waals surface area contributed by atoms with Crippen LogP contribution in [0.15, 0.2) is 33.5 Å². The van der Waals surface area contributed by atoms with Gasteiger partial charge in [0.1, 0.15) is 28.7 Å². The molecule has 3 rings (SSSR count). The molecule has 0 saturated carbocycles. The van der Waals surface area contributed by atoms with E-state index in [1.54, 1.807) is 26.2 Å². The Balaban J connectivity index is 1.76. The van der Waals surface area contributed by atoms with Gasteiger partial charge in [-0.1, -0.05) is 0 Å². The summed E-state index contributed by atoms with van der Waals surface area (Å²) in [4.78, 5) is 42.4. The van der Waals surface area contributed by atoms with Gasteiger partial charge in [0.05, 0.1) is 39.8 Å². The Hall–Kier alpha value is -3.11. The van der Waals surface area contributed by atoms with E-state index in [2.05, 4.69) is 4.90 Å². The predicted octanol–water partition coefficient (Wildman–Crippen LogP) is 1.22. The monoisotopic (exact) mass is 433 g/mol. The van der Waals surface area contributed by atoms with Crippen LogP contribution in [0.2, 0.25) is 0 Å². The lowest BCUT2D eigenvalue weighted by Gasteiger charge is -2.40. The number of furan rings is 2. The van der Waals surface area contributed by atoms with Gasteiger partial charge in [-0.2, -0.15) is 0 Å². The van der Waals surface area contributed by atoms with E-state index in [4.69, 9.17) is 18.3 Å². The normalized spacial score (nSPS) is 17.4. The molecule has 2 aromatic heterocycles. The van der Waals surface area contributed by atoms with Crippen molar-refractivity contribution in [2.24, 2.45) is 0 Å². The van der Waals surface area contributed by atoms with Crippen molar-refractivity contribution in [1.82, 2.24) is 14.7 Å². The van der Waals surface area contributed by atoms with Crippen molar-refractivity contribution in [2.75, 3.05) is 47.9 Å². The lowest BCUT2D eigenvalue weighted by atomic mass is 10.1. The second-order valence-corrected chi connectivity index (χ2v) is 7.45. The summed E-state index contributed by atoms with van der Waals surface area (Å²) in [5.41, 5.74) is 0.720. The predicted molar refractivity (Wildman–Crippen MR) is 108 cm³/mol. The summed E-state index contributed by atoms with van der Waals surface area (Å²) >= 11 is 0. The molecule has 0 aliphatic carbocycles. The van der Waals surface area contributed by atoms with E-state index in [9.17, 15) is 14.4 Å². The third-order valence-corrected chi connectivity index (χ3v) is 5.32. The first-order valence-electron chi connectivity index (χ1n) is 9.82. The maximum absolute atomic E-state index is 12.9. The number of esters is 2. The molecule has 1 amide bonds. The molecular weight excluding hydrogens is 406 g/mol. The van der Waals surface area contributed by atoms with E-state index in [1.807, 2.05) is 4.90 Å². The van der Waals surface area contributed by atoms with Crippen LogP contribution in [0.4, 0.5) is 0 Å². The van der Waals surface area contributed by atoms with Gasteiger partial charge in [0.25, 0.3) is 0 Å². The molecule has 1 fully saturated rings. The number of piperazine rings is 1. The minimum absolute atomic E-state index is 0.0662. The summed E-state index contributed by atoms with van der Waals surface area (Å²) in [6.45, 7) is 2.28. The Labute approximate surface area is 180 Å². The van der Waals surface area contributed by atoms with Crippen molar-refractivity contribution < 1.29 is 32.7 Å². The van der Waals surface area contributed by atoms with E-state index in [0.717, 1.165) is 0 Å². The van der Waals surface area contributed by atoms with Crippen LogP contribution in [0.3, 0.4) is 0 Å². The number of hydrogen-bond acceptors (Lipinski definition) is 9. The fourth-order valence-corrected chi connectivity index (χ4v) is 3.64. The summed E-state index contributed by atoms with van der Waals surface area (Å²) < 4.78 is 20.6. The third-order valence-electron chi connectivity index (χ3n) is 5.32. The maximum atomic E-state index is 12.9. The topological polar surface area (TPSA) is 106 Å². The number of carbonyl (C=O) groups excluding carboxylic acids is 3. The highest BCUT2D eigenvalue weighted by atomic mass is 16.5. The van der Waals surface area contributed by atoms with Gasteiger partial charge in [-0.25, -0.2) is 9.59 Å². The molecule has 10 heteroatoms. The van der Waals surface area contributed by atoms with Gasteiger partial charge in [-0.15, -0.1) is 0 Å². The molecule has 1 atom stereocenters. The van der Waals surface area contributed by atoms with E-state index in [-0.39, 0.29) is 5.91 Å². The smallest absolute Gasteiger partial charge is 0.341 e. The van der Waals surface area contributed by atoms with Gasteiger partial charge in [-0.05, 0) is 12.1 Å².